The van der Waals surface area contributed by atoms with Crippen LogP contribution < -0.4 is 10.5 Å². The SMILES string of the molecule is NCC1CCCC1COc1cc(F)cc(F)c1[N+](=O)[O-]. The van der Waals surface area contributed by atoms with Gasteiger partial charge in [0, 0.05) is 12.1 Å². The van der Waals surface area contributed by atoms with Gasteiger partial charge in [0.15, 0.2) is 0 Å². The zero-order chi connectivity index (χ0) is 14.7. The molecule has 0 bridgehead atoms. The number of ether oxygens (including phenoxy) is 1. The molecule has 7 heteroatoms. The molecule has 2 N–H and O–H groups in total. The Morgan fingerprint density at radius 3 is 2.70 bits per heavy atom. The van der Waals surface area contributed by atoms with Crippen LogP contribution >= 0.6 is 0 Å². The second-order valence-electron chi connectivity index (χ2n) is 4.99. The number of hydrogen-bond acceptors (Lipinski definition) is 4. The summed E-state index contributed by atoms with van der Waals surface area (Å²) in [6.45, 7) is 0.708. The Hall–Kier alpha value is -1.76. The number of nitro benzene ring substituents is 1. The maximum absolute atomic E-state index is 13.4. The molecule has 0 aliphatic heterocycles. The van der Waals surface area contributed by atoms with Crippen molar-refractivity contribution in [3.63, 3.8) is 0 Å². The van der Waals surface area contributed by atoms with Gasteiger partial charge in [-0.05, 0) is 31.2 Å². The summed E-state index contributed by atoms with van der Waals surface area (Å²) in [5.74, 6) is -2.02. The van der Waals surface area contributed by atoms with Crippen LogP contribution in [0.15, 0.2) is 12.1 Å². The Labute approximate surface area is 114 Å². The molecule has 110 valence electrons. The summed E-state index contributed by atoms with van der Waals surface area (Å²) in [6, 6.07) is 1.32. The van der Waals surface area contributed by atoms with Crippen molar-refractivity contribution in [2.24, 2.45) is 17.6 Å². The molecular formula is C13H16F2N2O3. The molecule has 0 aromatic heterocycles. The van der Waals surface area contributed by atoms with Gasteiger partial charge in [0.1, 0.15) is 5.82 Å². The summed E-state index contributed by atoms with van der Waals surface area (Å²) >= 11 is 0. The summed E-state index contributed by atoms with van der Waals surface area (Å²) in [4.78, 5) is 9.91. The third-order valence-electron chi connectivity index (χ3n) is 3.75. The van der Waals surface area contributed by atoms with Gasteiger partial charge in [-0.3, -0.25) is 10.1 Å². The van der Waals surface area contributed by atoms with Crippen molar-refractivity contribution < 1.29 is 18.4 Å². The number of nitro groups is 1. The molecule has 0 heterocycles. The van der Waals surface area contributed by atoms with Crippen LogP contribution in [0.1, 0.15) is 19.3 Å². The minimum Gasteiger partial charge on any atom is -0.486 e. The van der Waals surface area contributed by atoms with Crippen molar-refractivity contribution in [1.82, 2.24) is 0 Å². The fraction of sp³-hybridized carbons (Fsp3) is 0.538. The van der Waals surface area contributed by atoms with Crippen LogP contribution in [0, 0.1) is 33.6 Å². The largest absolute Gasteiger partial charge is 0.486 e. The van der Waals surface area contributed by atoms with Crippen molar-refractivity contribution in [3.05, 3.63) is 33.9 Å². The predicted molar refractivity (Wildman–Crippen MR) is 68.4 cm³/mol. The number of nitrogens with zero attached hydrogens (tertiary/aromatic N) is 1. The van der Waals surface area contributed by atoms with Crippen LogP contribution in [0.25, 0.3) is 0 Å². The van der Waals surface area contributed by atoms with Crippen molar-refractivity contribution in [2.45, 2.75) is 19.3 Å². The van der Waals surface area contributed by atoms with Gasteiger partial charge in [-0.15, -0.1) is 0 Å². The minimum absolute atomic E-state index is 0.172. The highest BCUT2D eigenvalue weighted by Gasteiger charge is 2.29. The summed E-state index contributed by atoms with van der Waals surface area (Å²) < 4.78 is 31.9. The number of rotatable bonds is 5. The highest BCUT2D eigenvalue weighted by Crippen LogP contribution is 2.35. The smallest absolute Gasteiger partial charge is 0.346 e. The molecule has 2 unspecified atom stereocenters. The fourth-order valence-electron chi connectivity index (χ4n) is 2.67. The second-order valence-corrected chi connectivity index (χ2v) is 4.99. The van der Waals surface area contributed by atoms with E-state index in [-0.39, 0.29) is 18.3 Å². The van der Waals surface area contributed by atoms with Gasteiger partial charge in [0.05, 0.1) is 11.5 Å². The van der Waals surface area contributed by atoms with E-state index < -0.39 is 22.2 Å². The van der Waals surface area contributed by atoms with Crippen molar-refractivity contribution in [1.29, 1.82) is 0 Å². The first-order valence-electron chi connectivity index (χ1n) is 6.49. The minimum atomic E-state index is -1.23. The zero-order valence-corrected chi connectivity index (χ0v) is 10.9. The lowest BCUT2D eigenvalue weighted by Gasteiger charge is -2.18. The van der Waals surface area contributed by atoms with E-state index in [1.54, 1.807) is 0 Å². The number of halogens is 2. The van der Waals surface area contributed by atoms with E-state index in [0.29, 0.717) is 18.5 Å². The molecule has 2 rings (SSSR count). The van der Waals surface area contributed by atoms with E-state index in [2.05, 4.69) is 0 Å². The lowest BCUT2D eigenvalue weighted by molar-refractivity contribution is -0.388. The fourth-order valence-corrected chi connectivity index (χ4v) is 2.67. The molecule has 1 fully saturated rings. The molecular weight excluding hydrogens is 270 g/mol. The van der Waals surface area contributed by atoms with Gasteiger partial charge in [0.2, 0.25) is 11.6 Å². The molecule has 1 aliphatic carbocycles. The quantitative estimate of drug-likeness (QED) is 0.666. The lowest BCUT2D eigenvalue weighted by Crippen LogP contribution is -2.23. The third-order valence-corrected chi connectivity index (χ3v) is 3.75. The van der Waals surface area contributed by atoms with Crippen LogP contribution in [-0.4, -0.2) is 18.1 Å². The van der Waals surface area contributed by atoms with Gasteiger partial charge in [-0.2, -0.15) is 4.39 Å². The summed E-state index contributed by atoms with van der Waals surface area (Å²) in [7, 11) is 0. The van der Waals surface area contributed by atoms with Crippen molar-refractivity contribution >= 4 is 5.69 Å². The Kier molecular flexibility index (Phi) is 4.49. The Bertz CT molecular complexity index is 511. The molecule has 1 aliphatic rings. The van der Waals surface area contributed by atoms with E-state index in [0.717, 1.165) is 25.3 Å². The molecule has 0 amide bonds. The number of benzene rings is 1. The average molecular weight is 286 g/mol. The lowest BCUT2D eigenvalue weighted by atomic mass is 9.97. The van der Waals surface area contributed by atoms with E-state index in [1.165, 1.54) is 0 Å². The molecule has 0 saturated heterocycles. The van der Waals surface area contributed by atoms with Crippen LogP contribution in [0.2, 0.25) is 0 Å². The molecule has 5 nitrogen and oxygen atoms in total. The second kappa shape index (κ2) is 6.13. The molecule has 1 saturated carbocycles. The first-order chi connectivity index (χ1) is 9.52. The maximum atomic E-state index is 13.4. The third kappa shape index (κ3) is 3.04. The summed E-state index contributed by atoms with van der Waals surface area (Å²) in [5.41, 5.74) is 4.81. The van der Waals surface area contributed by atoms with E-state index in [9.17, 15) is 18.9 Å². The topological polar surface area (TPSA) is 78.4 Å². The van der Waals surface area contributed by atoms with Gasteiger partial charge in [-0.25, -0.2) is 4.39 Å². The Morgan fingerprint density at radius 1 is 1.35 bits per heavy atom. The van der Waals surface area contributed by atoms with Crippen molar-refractivity contribution in [2.75, 3.05) is 13.2 Å². The van der Waals surface area contributed by atoms with E-state index >= 15 is 0 Å². The molecule has 0 radical (unpaired) electrons. The maximum Gasteiger partial charge on any atom is 0.346 e. The molecule has 20 heavy (non-hydrogen) atoms. The summed E-state index contributed by atoms with van der Waals surface area (Å²) in [6.07, 6.45) is 2.92. The van der Waals surface area contributed by atoms with E-state index in [4.69, 9.17) is 10.5 Å². The zero-order valence-electron chi connectivity index (χ0n) is 10.9. The van der Waals surface area contributed by atoms with Crippen LogP contribution in [0.5, 0.6) is 5.75 Å². The van der Waals surface area contributed by atoms with Gasteiger partial charge < -0.3 is 10.5 Å². The normalized spacial score (nSPS) is 21.9. The average Bonchev–Trinajstić information content (AvgIpc) is 2.82. The van der Waals surface area contributed by atoms with Crippen molar-refractivity contribution in [3.8, 4) is 5.75 Å². The highest BCUT2D eigenvalue weighted by molar-refractivity contribution is 5.47. The van der Waals surface area contributed by atoms with Crippen LogP contribution in [-0.2, 0) is 0 Å². The predicted octanol–water partition coefficient (Wildman–Crippen LogP) is 2.63. The molecule has 1 aromatic rings. The monoisotopic (exact) mass is 286 g/mol. The summed E-state index contributed by atoms with van der Waals surface area (Å²) in [5, 5.41) is 10.8. The van der Waals surface area contributed by atoms with Gasteiger partial charge >= 0.3 is 5.69 Å². The molecule has 0 spiro atoms. The Balaban J connectivity index is 2.14. The van der Waals surface area contributed by atoms with Gasteiger partial charge in [-0.1, -0.05) is 6.42 Å². The number of nitrogens with two attached hydrogens (primary N) is 1. The van der Waals surface area contributed by atoms with E-state index in [1.807, 2.05) is 0 Å². The molecule has 2 atom stereocenters. The molecule has 1 aromatic carbocycles. The highest BCUT2D eigenvalue weighted by atomic mass is 19.1. The van der Waals surface area contributed by atoms with Crippen LogP contribution in [0.3, 0.4) is 0 Å². The first-order valence-corrected chi connectivity index (χ1v) is 6.49. The standard InChI is InChI=1S/C13H16F2N2O3/c14-10-4-11(15)13(17(18)19)12(5-10)20-7-9-3-1-2-8(9)6-16/h4-5,8-9H,1-3,6-7,16H2. The first kappa shape index (κ1) is 14.6. The van der Waals surface area contributed by atoms with Crippen LogP contribution in [0.4, 0.5) is 14.5 Å². The number of hydrogen-bond donors (Lipinski definition) is 1. The van der Waals surface area contributed by atoms with Gasteiger partial charge in [0.25, 0.3) is 0 Å². The Morgan fingerprint density at radius 2 is 2.05 bits per heavy atom.